The van der Waals surface area contributed by atoms with E-state index in [0.29, 0.717) is 9.35 Å². The number of hydrogen-bond acceptors (Lipinski definition) is 1. The Kier molecular flexibility index (Phi) is 5.64. The minimum atomic E-state index is -4.81. The zero-order valence-corrected chi connectivity index (χ0v) is 12.1. The second-order valence-corrected chi connectivity index (χ2v) is 4.58. The predicted octanol–water partition coefficient (Wildman–Crippen LogP) is -0.123. The van der Waals surface area contributed by atoms with Gasteiger partial charge in [0.15, 0.2) is 0 Å². The van der Waals surface area contributed by atoms with Crippen LogP contribution in [0.5, 0.6) is 0 Å². The summed E-state index contributed by atoms with van der Waals surface area (Å²) in [4.78, 5) is 0. The molecule has 0 aliphatic carbocycles. The summed E-state index contributed by atoms with van der Waals surface area (Å²) in [7, 11) is 0. The van der Waals surface area contributed by atoms with Crippen molar-refractivity contribution in [2.75, 3.05) is 0 Å². The Bertz CT molecular complexity index is 253. The summed E-state index contributed by atoms with van der Waals surface area (Å²) >= 11 is 3.78. The van der Waals surface area contributed by atoms with Crippen molar-refractivity contribution in [3.8, 4) is 0 Å². The molecule has 0 radical (unpaired) electrons. The molecule has 0 amide bonds. The number of thiophene rings is 1. The molecule has 1 aromatic rings. The van der Waals surface area contributed by atoms with Gasteiger partial charge in [0.1, 0.15) is 0 Å². The van der Waals surface area contributed by atoms with Gasteiger partial charge in [0, 0.05) is 0 Å². The topological polar surface area (TPSA) is 0 Å². The van der Waals surface area contributed by atoms with Crippen LogP contribution in [0.4, 0.5) is 12.9 Å². The quantitative estimate of drug-likeness (QED) is 0.630. The average molecular weight is 283 g/mol. The summed E-state index contributed by atoms with van der Waals surface area (Å²) in [6, 6.07) is 1.16. The van der Waals surface area contributed by atoms with E-state index in [1.54, 1.807) is 6.92 Å². The molecule has 0 N–H and O–H groups in total. The summed E-state index contributed by atoms with van der Waals surface area (Å²) < 4.78 is 36.2. The van der Waals surface area contributed by atoms with Gasteiger partial charge in [0.2, 0.25) is 0 Å². The van der Waals surface area contributed by atoms with Crippen molar-refractivity contribution in [3.63, 3.8) is 0 Å². The first-order chi connectivity index (χ1) is 4.91. The fourth-order valence-corrected chi connectivity index (χ4v) is 2.12. The van der Waals surface area contributed by atoms with E-state index in [1.165, 1.54) is 0 Å². The van der Waals surface area contributed by atoms with Crippen molar-refractivity contribution in [2.45, 2.75) is 6.92 Å². The minimum Gasteiger partial charge on any atom is -0.444 e. The molecule has 0 spiro atoms. The van der Waals surface area contributed by atoms with E-state index in [1.807, 2.05) is 0 Å². The summed E-state index contributed by atoms with van der Waals surface area (Å²) in [5.41, 5.74) is 0.643. The molecule has 0 unspecified atom stereocenters. The standard InChI is InChI=1S/C5H4BBrF3S.K/c1-3-2-4(6(8,9)10)11-5(3)7;/h2H,1H3;/q-1;+1. The van der Waals surface area contributed by atoms with E-state index in [2.05, 4.69) is 15.9 Å². The molecular formula is C5H4BBrF3KS. The normalized spacial score (nSPS) is 11.1. The summed E-state index contributed by atoms with van der Waals surface area (Å²) in [5, 5.41) is 0. The van der Waals surface area contributed by atoms with Gasteiger partial charge in [-0.15, -0.1) is 0 Å². The van der Waals surface area contributed by atoms with E-state index in [-0.39, 0.29) is 51.4 Å². The molecule has 0 aliphatic rings. The Labute approximate surface area is 124 Å². The smallest absolute Gasteiger partial charge is 0.444 e. The van der Waals surface area contributed by atoms with Crippen LogP contribution in [-0.2, 0) is 0 Å². The molecule has 0 fully saturated rings. The van der Waals surface area contributed by atoms with Gasteiger partial charge in [-0.2, -0.15) is 11.3 Å². The Hall–Kier alpha value is 1.67. The summed E-state index contributed by atoms with van der Waals surface area (Å²) in [6.45, 7) is -3.17. The Morgan fingerprint density at radius 1 is 1.42 bits per heavy atom. The molecule has 0 aromatic carbocycles. The molecule has 62 valence electrons. The average Bonchev–Trinajstić information content (AvgIpc) is 2.11. The zero-order valence-electron chi connectivity index (χ0n) is 6.57. The van der Waals surface area contributed by atoms with Crippen molar-refractivity contribution in [1.82, 2.24) is 0 Å². The third-order valence-corrected chi connectivity index (χ3v) is 3.43. The van der Waals surface area contributed by atoms with Gasteiger partial charge in [-0.1, -0.05) is 10.8 Å². The Balaban J connectivity index is 0.00000121. The SMILES string of the molecule is Cc1cc([B-](F)(F)F)sc1Br.[K+]. The van der Waals surface area contributed by atoms with Crippen LogP contribution >= 0.6 is 27.3 Å². The molecule has 7 heteroatoms. The van der Waals surface area contributed by atoms with E-state index < -0.39 is 11.8 Å². The van der Waals surface area contributed by atoms with Crippen molar-refractivity contribution >= 4 is 39.0 Å². The fraction of sp³-hybridized carbons (Fsp3) is 0.200. The summed E-state index contributed by atoms with van der Waals surface area (Å²) in [6.07, 6.45) is 0. The van der Waals surface area contributed by atoms with Crippen LogP contribution in [0.3, 0.4) is 0 Å². The number of rotatable bonds is 1. The number of halogens is 4. The summed E-state index contributed by atoms with van der Waals surface area (Å²) in [5.74, 6) is 0. The van der Waals surface area contributed by atoms with Gasteiger partial charge in [0.05, 0.1) is 3.79 Å². The van der Waals surface area contributed by atoms with Crippen LogP contribution in [0.25, 0.3) is 0 Å². The van der Waals surface area contributed by atoms with Crippen LogP contribution in [0.1, 0.15) is 5.56 Å². The van der Waals surface area contributed by atoms with E-state index in [0.717, 1.165) is 17.4 Å². The van der Waals surface area contributed by atoms with Gasteiger partial charge in [-0.3, -0.25) is 0 Å². The Morgan fingerprint density at radius 3 is 2.08 bits per heavy atom. The van der Waals surface area contributed by atoms with Crippen molar-refractivity contribution in [3.05, 3.63) is 15.4 Å². The third kappa shape index (κ3) is 3.43. The number of aryl methyl sites for hydroxylation is 1. The zero-order chi connectivity index (χ0) is 8.65. The maximum atomic E-state index is 12.0. The van der Waals surface area contributed by atoms with E-state index in [9.17, 15) is 12.9 Å². The fourth-order valence-electron chi connectivity index (χ4n) is 0.645. The molecule has 0 atom stereocenters. The molecule has 1 heterocycles. The molecule has 1 rings (SSSR count). The van der Waals surface area contributed by atoms with Crippen LogP contribution in [-0.4, -0.2) is 6.98 Å². The monoisotopic (exact) mass is 282 g/mol. The molecule has 1 aromatic heterocycles. The van der Waals surface area contributed by atoms with E-state index in [4.69, 9.17) is 0 Å². The van der Waals surface area contributed by atoms with Crippen molar-refractivity contribution in [1.29, 1.82) is 0 Å². The second-order valence-electron chi connectivity index (χ2n) is 2.18. The third-order valence-electron chi connectivity index (χ3n) is 1.20. The second kappa shape index (κ2) is 4.95. The first kappa shape index (κ1) is 13.7. The van der Waals surface area contributed by atoms with Crippen LogP contribution in [0, 0.1) is 6.92 Å². The van der Waals surface area contributed by atoms with Gasteiger partial charge >= 0.3 is 58.4 Å². The molecule has 12 heavy (non-hydrogen) atoms. The van der Waals surface area contributed by atoms with Gasteiger partial charge < -0.3 is 12.9 Å². The largest absolute Gasteiger partial charge is 1.00 e. The molecule has 0 aliphatic heterocycles. The van der Waals surface area contributed by atoms with E-state index >= 15 is 0 Å². The van der Waals surface area contributed by atoms with Gasteiger partial charge in [0.25, 0.3) is 0 Å². The maximum absolute atomic E-state index is 12.0. The Morgan fingerprint density at radius 2 is 1.92 bits per heavy atom. The van der Waals surface area contributed by atoms with Crippen LogP contribution in [0.15, 0.2) is 9.85 Å². The molecular weight excluding hydrogens is 279 g/mol. The van der Waals surface area contributed by atoms with Crippen molar-refractivity contribution < 1.29 is 64.3 Å². The number of hydrogen-bond donors (Lipinski definition) is 0. The van der Waals surface area contributed by atoms with Gasteiger partial charge in [-0.05, 0) is 28.4 Å². The van der Waals surface area contributed by atoms with Gasteiger partial charge in [-0.25, -0.2) is 0 Å². The predicted molar refractivity (Wildman–Crippen MR) is 45.5 cm³/mol. The first-order valence-electron chi connectivity index (χ1n) is 2.87. The van der Waals surface area contributed by atoms with Crippen LogP contribution in [0.2, 0.25) is 0 Å². The molecule has 0 saturated carbocycles. The van der Waals surface area contributed by atoms with Crippen molar-refractivity contribution in [2.24, 2.45) is 0 Å². The first-order valence-corrected chi connectivity index (χ1v) is 4.48. The molecule has 0 bridgehead atoms. The maximum Gasteiger partial charge on any atom is 1.00 e. The van der Waals surface area contributed by atoms with Crippen LogP contribution < -0.4 is 56.2 Å². The molecule has 0 saturated heterocycles. The molecule has 0 nitrogen and oxygen atoms in total. The minimum absolute atomic E-state index is 0.